The Morgan fingerprint density at radius 1 is 0.793 bits per heavy atom. The zero-order chi connectivity index (χ0) is 22.1. The molecule has 0 fully saturated rings. The smallest absolute Gasteiger partial charge is 0.307 e. The molecule has 0 N–H and O–H groups in total. The van der Waals surface area contributed by atoms with Crippen molar-refractivity contribution in [3.05, 3.63) is 0 Å². The minimum atomic E-state index is -3.94. The summed E-state index contributed by atoms with van der Waals surface area (Å²) in [4.78, 5) is 35.5. The molecule has 0 spiro atoms. The number of carbonyl (C=O) groups is 3. The maximum Gasteiger partial charge on any atom is 0.307 e. The van der Waals surface area contributed by atoms with Crippen molar-refractivity contribution in [2.75, 3.05) is 18.9 Å². The summed E-state index contributed by atoms with van der Waals surface area (Å²) in [6.07, 6.45) is 10.3. The molecule has 0 rings (SSSR count). The minimum absolute atomic E-state index is 0.0808. The van der Waals surface area contributed by atoms with Crippen LogP contribution in [0.4, 0.5) is 0 Å². The number of amides is 1. The summed E-state index contributed by atoms with van der Waals surface area (Å²) >= 11 is 0. The molecule has 0 aliphatic carbocycles. The van der Waals surface area contributed by atoms with E-state index in [1.165, 1.54) is 39.0 Å². The summed E-state index contributed by atoms with van der Waals surface area (Å²) in [5, 5.41) is 0. The standard InChI is InChI=1S/C21H39NO6S/c1-4-7-8-9-10-11-12-13-14-15-18-29(26,27)22(21(25)19(23)5-2)17-16-20(24)28-6-3/h4-18H2,1-3H3. The molecule has 7 nitrogen and oxygen atoms in total. The van der Waals surface area contributed by atoms with Crippen molar-refractivity contribution in [2.24, 2.45) is 0 Å². The van der Waals surface area contributed by atoms with Crippen molar-refractivity contribution in [3.63, 3.8) is 0 Å². The monoisotopic (exact) mass is 433 g/mol. The summed E-state index contributed by atoms with van der Waals surface area (Å²) in [5.41, 5.74) is 0. The number of ketones is 1. The molecule has 1 amide bonds. The molecule has 8 heteroatoms. The number of ether oxygens (including phenoxy) is 1. The summed E-state index contributed by atoms with van der Waals surface area (Å²) in [6, 6.07) is 0. The number of unbranched alkanes of at least 4 members (excludes halogenated alkanes) is 9. The van der Waals surface area contributed by atoms with E-state index in [4.69, 9.17) is 4.74 Å². The molecule has 0 unspecified atom stereocenters. The van der Waals surface area contributed by atoms with Gasteiger partial charge in [0.25, 0.3) is 0 Å². The number of carbonyl (C=O) groups excluding carboxylic acids is 3. The number of Topliss-reactive ketones (excluding diaryl/α,β-unsaturated/α-hetero) is 1. The highest BCUT2D eigenvalue weighted by atomic mass is 32.2. The third-order valence-corrected chi connectivity index (χ3v) is 6.53. The van der Waals surface area contributed by atoms with Gasteiger partial charge in [0.05, 0.1) is 18.8 Å². The molecule has 0 aliphatic rings. The Hall–Kier alpha value is -1.44. The van der Waals surface area contributed by atoms with Crippen LogP contribution in [0.2, 0.25) is 0 Å². The fourth-order valence-corrected chi connectivity index (χ4v) is 4.48. The molecule has 0 aromatic carbocycles. The van der Waals surface area contributed by atoms with Gasteiger partial charge in [-0.1, -0.05) is 71.6 Å². The van der Waals surface area contributed by atoms with Crippen LogP contribution < -0.4 is 0 Å². The topological polar surface area (TPSA) is 97.8 Å². The number of esters is 1. The van der Waals surface area contributed by atoms with E-state index in [1.54, 1.807) is 6.92 Å². The van der Waals surface area contributed by atoms with Crippen molar-refractivity contribution in [2.45, 2.75) is 97.8 Å². The largest absolute Gasteiger partial charge is 0.466 e. The molecule has 0 aromatic heterocycles. The van der Waals surface area contributed by atoms with E-state index in [0.717, 1.165) is 25.7 Å². The second-order valence-electron chi connectivity index (χ2n) is 7.21. The van der Waals surface area contributed by atoms with Gasteiger partial charge in [-0.15, -0.1) is 0 Å². The van der Waals surface area contributed by atoms with Crippen LogP contribution in [0.3, 0.4) is 0 Å². The van der Waals surface area contributed by atoms with Gasteiger partial charge in [-0.2, -0.15) is 0 Å². The first-order valence-corrected chi connectivity index (χ1v) is 12.6. The van der Waals surface area contributed by atoms with Crippen LogP contribution >= 0.6 is 0 Å². The Kier molecular flexibility index (Phi) is 15.6. The van der Waals surface area contributed by atoms with Crippen molar-refractivity contribution in [1.82, 2.24) is 4.31 Å². The van der Waals surface area contributed by atoms with Crippen LogP contribution in [-0.2, 0) is 29.1 Å². The van der Waals surface area contributed by atoms with E-state index in [9.17, 15) is 22.8 Å². The van der Waals surface area contributed by atoms with E-state index in [-0.39, 0.29) is 31.7 Å². The van der Waals surface area contributed by atoms with Gasteiger partial charge in [0.15, 0.2) is 0 Å². The lowest BCUT2D eigenvalue weighted by molar-refractivity contribution is -0.145. The molecular weight excluding hydrogens is 394 g/mol. The Labute approximate surface area is 176 Å². The van der Waals surface area contributed by atoms with Gasteiger partial charge in [0.1, 0.15) is 0 Å². The number of nitrogens with zero attached hydrogens (tertiary/aromatic N) is 1. The summed E-state index contributed by atoms with van der Waals surface area (Å²) < 4.78 is 30.5. The van der Waals surface area contributed by atoms with Crippen molar-refractivity contribution >= 4 is 27.7 Å². The molecule has 0 aliphatic heterocycles. The quantitative estimate of drug-likeness (QED) is 0.184. The minimum Gasteiger partial charge on any atom is -0.466 e. The Bertz CT molecular complexity index is 588. The molecule has 29 heavy (non-hydrogen) atoms. The predicted octanol–water partition coefficient (Wildman–Crippen LogP) is 4.00. The first-order valence-electron chi connectivity index (χ1n) is 11.0. The summed E-state index contributed by atoms with van der Waals surface area (Å²) in [5.74, 6) is -2.64. The first kappa shape index (κ1) is 27.6. The van der Waals surface area contributed by atoms with E-state index in [0.29, 0.717) is 10.7 Å². The van der Waals surface area contributed by atoms with Gasteiger partial charge in [0.2, 0.25) is 15.8 Å². The lowest BCUT2D eigenvalue weighted by atomic mass is 10.1. The van der Waals surface area contributed by atoms with Gasteiger partial charge in [-0.25, -0.2) is 12.7 Å². The Morgan fingerprint density at radius 2 is 1.31 bits per heavy atom. The highest BCUT2D eigenvalue weighted by Crippen LogP contribution is 2.13. The van der Waals surface area contributed by atoms with Crippen LogP contribution in [0.25, 0.3) is 0 Å². The molecule has 0 heterocycles. The van der Waals surface area contributed by atoms with Crippen LogP contribution in [-0.4, -0.2) is 49.3 Å². The third-order valence-electron chi connectivity index (χ3n) is 4.70. The van der Waals surface area contributed by atoms with Crippen LogP contribution in [0.5, 0.6) is 0 Å². The Balaban J connectivity index is 4.47. The van der Waals surface area contributed by atoms with Gasteiger partial charge < -0.3 is 4.74 Å². The molecule has 0 bridgehead atoms. The fourth-order valence-electron chi connectivity index (χ4n) is 2.97. The highest BCUT2D eigenvalue weighted by molar-refractivity contribution is 7.89. The predicted molar refractivity (Wildman–Crippen MR) is 114 cm³/mol. The van der Waals surface area contributed by atoms with Crippen LogP contribution in [0.15, 0.2) is 0 Å². The number of hydrogen-bond acceptors (Lipinski definition) is 6. The molecule has 0 atom stereocenters. The summed E-state index contributed by atoms with van der Waals surface area (Å²) in [7, 11) is -3.94. The van der Waals surface area contributed by atoms with Crippen LogP contribution in [0.1, 0.15) is 97.8 Å². The zero-order valence-corrected chi connectivity index (χ0v) is 19.2. The fraction of sp³-hybridized carbons (Fsp3) is 0.857. The summed E-state index contributed by atoms with van der Waals surface area (Å²) in [6.45, 7) is 5.15. The van der Waals surface area contributed by atoms with Gasteiger partial charge in [0, 0.05) is 13.0 Å². The second kappa shape index (κ2) is 16.4. The first-order chi connectivity index (χ1) is 13.8. The molecule has 0 aromatic rings. The molecular formula is C21H39NO6S. The Morgan fingerprint density at radius 3 is 1.79 bits per heavy atom. The molecule has 170 valence electrons. The molecule has 0 saturated heterocycles. The van der Waals surface area contributed by atoms with E-state index < -0.39 is 27.7 Å². The van der Waals surface area contributed by atoms with Gasteiger partial charge >= 0.3 is 11.9 Å². The van der Waals surface area contributed by atoms with E-state index in [2.05, 4.69) is 6.92 Å². The second-order valence-corrected chi connectivity index (χ2v) is 9.22. The number of rotatable bonds is 18. The zero-order valence-electron chi connectivity index (χ0n) is 18.4. The lowest BCUT2D eigenvalue weighted by Crippen LogP contribution is -2.43. The number of sulfonamides is 1. The lowest BCUT2D eigenvalue weighted by Gasteiger charge is -2.21. The maximum atomic E-state index is 12.6. The number of hydrogen-bond donors (Lipinski definition) is 0. The van der Waals surface area contributed by atoms with E-state index in [1.807, 2.05) is 0 Å². The van der Waals surface area contributed by atoms with Crippen molar-refractivity contribution < 1.29 is 27.5 Å². The van der Waals surface area contributed by atoms with Gasteiger partial charge in [-0.05, 0) is 13.3 Å². The maximum absolute atomic E-state index is 12.6. The third kappa shape index (κ3) is 12.7. The highest BCUT2D eigenvalue weighted by Gasteiger charge is 2.31. The normalized spacial score (nSPS) is 11.3. The SMILES string of the molecule is CCCCCCCCCCCCS(=O)(=O)N(CCC(=O)OCC)C(=O)C(=O)CC. The average Bonchev–Trinajstić information content (AvgIpc) is 2.68. The average molecular weight is 434 g/mol. The molecule has 0 radical (unpaired) electrons. The van der Waals surface area contributed by atoms with E-state index >= 15 is 0 Å². The van der Waals surface area contributed by atoms with Gasteiger partial charge in [-0.3, -0.25) is 14.4 Å². The van der Waals surface area contributed by atoms with Crippen molar-refractivity contribution in [1.29, 1.82) is 0 Å². The van der Waals surface area contributed by atoms with Crippen molar-refractivity contribution in [3.8, 4) is 0 Å². The molecule has 0 saturated carbocycles. The van der Waals surface area contributed by atoms with Crippen LogP contribution in [0, 0.1) is 0 Å².